The first-order valence-electron chi connectivity index (χ1n) is 6.76. The van der Waals surface area contributed by atoms with Gasteiger partial charge in [0.25, 0.3) is 0 Å². The Hall–Kier alpha value is -1.52. The molecule has 2 rings (SSSR count). The van der Waals surface area contributed by atoms with E-state index >= 15 is 0 Å². The van der Waals surface area contributed by atoms with Gasteiger partial charge in [-0.2, -0.15) is 0 Å². The molecule has 0 unspecified atom stereocenters. The second-order valence-corrected chi connectivity index (χ2v) is 6.35. The van der Waals surface area contributed by atoms with Gasteiger partial charge in [-0.25, -0.2) is 0 Å². The predicted octanol–water partition coefficient (Wildman–Crippen LogP) is 3.99. The van der Waals surface area contributed by atoms with Gasteiger partial charge in [0.2, 0.25) is 0 Å². The van der Waals surface area contributed by atoms with Crippen LogP contribution in [0.3, 0.4) is 0 Å². The minimum Gasteiger partial charge on any atom is -0.389 e. The topological polar surface area (TPSA) is 29.3 Å². The van der Waals surface area contributed by atoms with Gasteiger partial charge in [-0.15, -0.1) is 11.8 Å². The van der Waals surface area contributed by atoms with Crippen molar-refractivity contribution in [1.82, 2.24) is 0 Å². The van der Waals surface area contributed by atoms with Crippen LogP contribution in [0.2, 0.25) is 0 Å². The number of aryl methyl sites for hydroxylation is 1. The number of hydrogen-bond donors (Lipinski definition) is 1. The molecule has 0 saturated heterocycles. The first kappa shape index (κ1) is 15.9. The summed E-state index contributed by atoms with van der Waals surface area (Å²) in [5.74, 6) is 0. The third kappa shape index (κ3) is 3.77. The summed E-state index contributed by atoms with van der Waals surface area (Å²) in [4.78, 5) is 3.77. The molecule has 0 aromatic heterocycles. The smallest absolute Gasteiger partial charge is 0.107 e. The van der Waals surface area contributed by atoms with E-state index in [4.69, 9.17) is 18.0 Å². The third-order valence-electron chi connectivity index (χ3n) is 3.38. The van der Waals surface area contributed by atoms with Gasteiger partial charge in [-0.3, -0.25) is 0 Å². The van der Waals surface area contributed by atoms with Gasteiger partial charge in [0.05, 0.1) is 0 Å². The highest BCUT2D eigenvalue weighted by molar-refractivity contribution is 7.98. The molecule has 0 fully saturated rings. The van der Waals surface area contributed by atoms with Crippen LogP contribution in [0.15, 0.2) is 47.4 Å². The maximum atomic E-state index is 5.94. The molecule has 0 radical (unpaired) electrons. The van der Waals surface area contributed by atoms with Crippen molar-refractivity contribution in [2.24, 2.45) is 5.73 Å². The van der Waals surface area contributed by atoms with E-state index in [0.29, 0.717) is 4.99 Å². The third-order valence-corrected chi connectivity index (χ3v) is 4.37. The van der Waals surface area contributed by atoms with Gasteiger partial charge in [0.15, 0.2) is 0 Å². The maximum Gasteiger partial charge on any atom is 0.107 e. The Morgan fingerprint density at radius 1 is 1.24 bits per heavy atom. The lowest BCUT2D eigenvalue weighted by molar-refractivity contribution is 0.917. The molecule has 2 aromatic carbocycles. The molecule has 0 aliphatic carbocycles. The first-order chi connectivity index (χ1) is 10.0. The standard InChI is InChI=1S/C17H20N2S2/c1-12-6-4-7-13(10-12)11-19(2)14-8-5-9-15(21-3)16(14)17(18)20/h4-10H,11H2,1-3H3,(H2,18,20). The molecule has 0 amide bonds. The molecule has 2 aromatic rings. The van der Waals surface area contributed by atoms with Crippen LogP contribution in [0.5, 0.6) is 0 Å². The molecule has 21 heavy (non-hydrogen) atoms. The lowest BCUT2D eigenvalue weighted by Crippen LogP contribution is -2.22. The summed E-state index contributed by atoms with van der Waals surface area (Å²) >= 11 is 6.92. The summed E-state index contributed by atoms with van der Waals surface area (Å²) in [6.07, 6.45) is 2.04. The normalized spacial score (nSPS) is 10.4. The van der Waals surface area contributed by atoms with Crippen LogP contribution < -0.4 is 10.6 Å². The van der Waals surface area contributed by atoms with E-state index in [1.54, 1.807) is 11.8 Å². The van der Waals surface area contributed by atoms with Crippen LogP contribution in [0.1, 0.15) is 16.7 Å². The molecule has 2 N–H and O–H groups in total. The highest BCUT2D eigenvalue weighted by atomic mass is 32.2. The van der Waals surface area contributed by atoms with Gasteiger partial charge in [0.1, 0.15) is 4.99 Å². The summed E-state index contributed by atoms with van der Waals surface area (Å²) in [7, 11) is 2.07. The number of thioether (sulfide) groups is 1. The number of thiocarbonyl (C=S) groups is 1. The van der Waals surface area contributed by atoms with Gasteiger partial charge in [0, 0.05) is 29.7 Å². The Morgan fingerprint density at radius 3 is 2.57 bits per heavy atom. The van der Waals surface area contributed by atoms with Gasteiger partial charge < -0.3 is 10.6 Å². The lowest BCUT2D eigenvalue weighted by atomic mass is 10.1. The first-order valence-corrected chi connectivity index (χ1v) is 8.39. The van der Waals surface area contributed by atoms with Crippen molar-refractivity contribution in [3.63, 3.8) is 0 Å². The number of hydrogen-bond acceptors (Lipinski definition) is 3. The largest absolute Gasteiger partial charge is 0.389 e. The SMILES string of the molecule is CSc1cccc(N(C)Cc2cccc(C)c2)c1C(N)=S. The summed E-state index contributed by atoms with van der Waals surface area (Å²) in [5, 5.41) is 0. The van der Waals surface area contributed by atoms with Crippen molar-refractivity contribution in [1.29, 1.82) is 0 Å². The van der Waals surface area contributed by atoms with Gasteiger partial charge in [-0.1, -0.05) is 48.1 Å². The molecule has 0 atom stereocenters. The average molecular weight is 316 g/mol. The van der Waals surface area contributed by atoms with Crippen LogP contribution in [-0.4, -0.2) is 18.3 Å². The number of nitrogens with two attached hydrogens (primary N) is 1. The van der Waals surface area contributed by atoms with E-state index in [0.717, 1.165) is 22.7 Å². The highest BCUT2D eigenvalue weighted by Gasteiger charge is 2.14. The van der Waals surface area contributed by atoms with Crippen molar-refractivity contribution >= 4 is 34.7 Å². The molecule has 110 valence electrons. The quantitative estimate of drug-likeness (QED) is 0.667. The zero-order valence-electron chi connectivity index (χ0n) is 12.6. The number of benzene rings is 2. The maximum absolute atomic E-state index is 5.94. The Kier molecular flexibility index (Phi) is 5.26. The minimum absolute atomic E-state index is 0.450. The fraction of sp³-hybridized carbons (Fsp3) is 0.235. The van der Waals surface area contributed by atoms with Crippen LogP contribution in [-0.2, 0) is 6.54 Å². The van der Waals surface area contributed by atoms with E-state index in [1.165, 1.54) is 11.1 Å². The van der Waals surface area contributed by atoms with Crippen LogP contribution in [0, 0.1) is 6.92 Å². The fourth-order valence-electron chi connectivity index (χ4n) is 2.42. The molecule has 0 aliphatic rings. The van der Waals surface area contributed by atoms with Crippen LogP contribution in [0.4, 0.5) is 5.69 Å². The van der Waals surface area contributed by atoms with Crippen LogP contribution in [0.25, 0.3) is 0 Å². The van der Waals surface area contributed by atoms with Crippen molar-refractivity contribution < 1.29 is 0 Å². The number of nitrogens with zero attached hydrogens (tertiary/aromatic N) is 1. The predicted molar refractivity (Wildman–Crippen MR) is 97.4 cm³/mol. The van der Waals surface area contributed by atoms with E-state index in [2.05, 4.69) is 61.3 Å². The molecule has 0 saturated carbocycles. The molecular weight excluding hydrogens is 296 g/mol. The van der Waals surface area contributed by atoms with Crippen molar-refractivity contribution in [3.8, 4) is 0 Å². The van der Waals surface area contributed by atoms with Gasteiger partial charge >= 0.3 is 0 Å². The highest BCUT2D eigenvalue weighted by Crippen LogP contribution is 2.30. The Balaban J connectivity index is 2.35. The van der Waals surface area contributed by atoms with Gasteiger partial charge in [-0.05, 0) is 30.9 Å². The molecular formula is C17H20N2S2. The number of anilines is 1. The molecule has 0 spiro atoms. The minimum atomic E-state index is 0.450. The fourth-order valence-corrected chi connectivity index (χ4v) is 3.34. The summed E-state index contributed by atoms with van der Waals surface area (Å²) < 4.78 is 0. The lowest BCUT2D eigenvalue weighted by Gasteiger charge is -2.24. The molecule has 4 heteroatoms. The van der Waals surface area contributed by atoms with Crippen molar-refractivity contribution in [2.45, 2.75) is 18.4 Å². The Labute approximate surface area is 136 Å². The van der Waals surface area contributed by atoms with Crippen molar-refractivity contribution in [2.75, 3.05) is 18.2 Å². The summed E-state index contributed by atoms with van der Waals surface area (Å²) in [6.45, 7) is 2.94. The van der Waals surface area contributed by atoms with E-state index in [-0.39, 0.29) is 0 Å². The molecule has 0 heterocycles. The summed E-state index contributed by atoms with van der Waals surface area (Å²) in [5.41, 5.74) is 10.5. The van der Waals surface area contributed by atoms with Crippen molar-refractivity contribution in [3.05, 3.63) is 59.2 Å². The van der Waals surface area contributed by atoms with E-state index in [9.17, 15) is 0 Å². The monoisotopic (exact) mass is 316 g/mol. The molecule has 0 aliphatic heterocycles. The zero-order valence-corrected chi connectivity index (χ0v) is 14.2. The second kappa shape index (κ2) is 6.96. The zero-order chi connectivity index (χ0) is 15.4. The van der Waals surface area contributed by atoms with E-state index < -0.39 is 0 Å². The van der Waals surface area contributed by atoms with Crippen LogP contribution >= 0.6 is 24.0 Å². The van der Waals surface area contributed by atoms with E-state index in [1.807, 2.05) is 6.26 Å². The summed E-state index contributed by atoms with van der Waals surface area (Å²) in [6, 6.07) is 14.7. The average Bonchev–Trinajstić information content (AvgIpc) is 2.46. The molecule has 0 bridgehead atoms. The number of rotatable bonds is 5. The second-order valence-electron chi connectivity index (χ2n) is 5.06. The molecule has 2 nitrogen and oxygen atoms in total. The Bertz CT molecular complexity index is 653. The Morgan fingerprint density at radius 2 is 1.95 bits per heavy atom.